The van der Waals surface area contributed by atoms with Crippen LogP contribution in [-0.2, 0) is 11.2 Å². The van der Waals surface area contributed by atoms with Gasteiger partial charge in [-0.25, -0.2) is 4.79 Å². The number of rotatable bonds is 4. The van der Waals surface area contributed by atoms with Gasteiger partial charge in [0.25, 0.3) is 0 Å². The molecule has 0 aliphatic rings. The zero-order valence-electron chi connectivity index (χ0n) is 9.29. The Hall–Kier alpha value is -2.41. The number of carbonyl (C=O) groups is 1. The summed E-state index contributed by atoms with van der Waals surface area (Å²) >= 11 is 0. The average Bonchev–Trinajstić information content (AvgIpc) is 2.76. The van der Waals surface area contributed by atoms with Crippen molar-refractivity contribution >= 4 is 5.97 Å². The lowest BCUT2D eigenvalue weighted by molar-refractivity contribution is -0.138. The molecule has 4 N–H and O–H groups in total. The van der Waals surface area contributed by atoms with Crippen LogP contribution >= 0.6 is 0 Å². The summed E-state index contributed by atoms with van der Waals surface area (Å²) in [5, 5.41) is 12.2. The number of H-pyrrole nitrogens is 1. The highest BCUT2D eigenvalue weighted by Crippen LogP contribution is 2.14. The van der Waals surface area contributed by atoms with E-state index in [4.69, 9.17) is 10.8 Å². The van der Waals surface area contributed by atoms with Crippen LogP contribution in [0.3, 0.4) is 0 Å². The summed E-state index contributed by atoms with van der Waals surface area (Å²) in [6.07, 6.45) is 0.241. The van der Waals surface area contributed by atoms with E-state index < -0.39 is 17.8 Å². The number of nitrogens with two attached hydrogens (primary N) is 1. The Bertz CT molecular complexity index is 599. The molecule has 0 aliphatic carbocycles. The van der Waals surface area contributed by atoms with Gasteiger partial charge in [-0.3, -0.25) is 14.3 Å². The standard InChI is InChI=1S/C11H11N3O4/c12-8(10(15)16)5-6-1-3-7(4-2-6)9-13-11(17)18-14-9/h1-4,8H,5,12H2,(H,15,16)(H,13,14,17)/t8-/m0/s1. The van der Waals surface area contributed by atoms with Crippen LogP contribution in [0.15, 0.2) is 33.6 Å². The molecule has 0 unspecified atom stereocenters. The maximum atomic E-state index is 10.8. The Balaban J connectivity index is 2.15. The zero-order chi connectivity index (χ0) is 13.1. The maximum Gasteiger partial charge on any atom is 0.439 e. The molecule has 0 spiro atoms. The van der Waals surface area contributed by atoms with Crippen LogP contribution in [0, 0.1) is 0 Å². The van der Waals surface area contributed by atoms with E-state index in [1.54, 1.807) is 24.3 Å². The second-order valence-corrected chi connectivity index (χ2v) is 3.79. The van der Waals surface area contributed by atoms with Crippen molar-refractivity contribution in [3.05, 3.63) is 40.4 Å². The highest BCUT2D eigenvalue weighted by molar-refractivity contribution is 5.73. The lowest BCUT2D eigenvalue weighted by Crippen LogP contribution is -2.32. The molecule has 0 fully saturated rings. The highest BCUT2D eigenvalue weighted by Gasteiger charge is 2.12. The fourth-order valence-corrected chi connectivity index (χ4v) is 1.49. The van der Waals surface area contributed by atoms with Crippen LogP contribution in [0.4, 0.5) is 0 Å². The first-order chi connectivity index (χ1) is 8.56. The molecule has 1 atom stereocenters. The van der Waals surface area contributed by atoms with Crippen molar-refractivity contribution in [2.45, 2.75) is 12.5 Å². The number of nitrogens with zero attached hydrogens (tertiary/aromatic N) is 1. The van der Waals surface area contributed by atoms with Crippen molar-refractivity contribution in [1.82, 2.24) is 10.1 Å². The van der Waals surface area contributed by atoms with Crippen molar-refractivity contribution < 1.29 is 14.4 Å². The van der Waals surface area contributed by atoms with Crippen molar-refractivity contribution in [1.29, 1.82) is 0 Å². The van der Waals surface area contributed by atoms with Gasteiger partial charge in [0.15, 0.2) is 5.82 Å². The molecule has 1 heterocycles. The molecular formula is C11H11N3O4. The first-order valence-corrected chi connectivity index (χ1v) is 5.20. The third-order valence-electron chi connectivity index (χ3n) is 2.44. The van der Waals surface area contributed by atoms with Gasteiger partial charge < -0.3 is 10.8 Å². The molecule has 7 nitrogen and oxygen atoms in total. The highest BCUT2D eigenvalue weighted by atomic mass is 16.5. The van der Waals surface area contributed by atoms with E-state index in [9.17, 15) is 9.59 Å². The van der Waals surface area contributed by atoms with Crippen molar-refractivity contribution in [3.8, 4) is 11.4 Å². The Kier molecular flexibility index (Phi) is 3.24. The molecule has 1 aromatic carbocycles. The molecule has 1 aromatic heterocycles. The topological polar surface area (TPSA) is 122 Å². The van der Waals surface area contributed by atoms with Crippen molar-refractivity contribution in [2.75, 3.05) is 0 Å². The number of nitrogens with one attached hydrogen (secondary N) is 1. The van der Waals surface area contributed by atoms with Gasteiger partial charge in [0, 0.05) is 5.56 Å². The predicted octanol–water partition coefficient (Wildman–Crippen LogP) is -0.0157. The second kappa shape index (κ2) is 4.84. The number of aromatic nitrogens is 2. The van der Waals surface area contributed by atoms with Gasteiger partial charge in [0.2, 0.25) is 0 Å². The first kappa shape index (κ1) is 12.1. The van der Waals surface area contributed by atoms with Gasteiger partial charge in [0.05, 0.1) is 0 Å². The molecule has 94 valence electrons. The fourth-order valence-electron chi connectivity index (χ4n) is 1.49. The first-order valence-electron chi connectivity index (χ1n) is 5.20. The minimum absolute atomic E-state index is 0.241. The molecule has 2 rings (SSSR count). The number of aromatic amines is 1. The molecule has 0 aliphatic heterocycles. The minimum atomic E-state index is -1.04. The van der Waals surface area contributed by atoms with Gasteiger partial charge >= 0.3 is 11.7 Å². The van der Waals surface area contributed by atoms with Crippen LogP contribution in [0.1, 0.15) is 5.56 Å². The smallest absolute Gasteiger partial charge is 0.439 e. The van der Waals surface area contributed by atoms with E-state index in [0.717, 1.165) is 5.56 Å². The van der Waals surface area contributed by atoms with Crippen LogP contribution < -0.4 is 11.5 Å². The molecular weight excluding hydrogens is 238 g/mol. The lowest BCUT2D eigenvalue weighted by atomic mass is 10.0. The Morgan fingerprint density at radius 2 is 2.11 bits per heavy atom. The molecule has 7 heteroatoms. The molecule has 0 radical (unpaired) electrons. The Labute approximate surface area is 101 Å². The van der Waals surface area contributed by atoms with E-state index in [1.807, 2.05) is 0 Å². The summed E-state index contributed by atoms with van der Waals surface area (Å²) < 4.78 is 4.39. The lowest BCUT2D eigenvalue weighted by Gasteiger charge is -2.06. The van der Waals surface area contributed by atoms with E-state index in [2.05, 4.69) is 14.7 Å². The number of benzene rings is 1. The van der Waals surface area contributed by atoms with Gasteiger partial charge in [-0.2, -0.15) is 0 Å². The minimum Gasteiger partial charge on any atom is -0.480 e. The van der Waals surface area contributed by atoms with E-state index in [1.165, 1.54) is 0 Å². The van der Waals surface area contributed by atoms with E-state index in [0.29, 0.717) is 11.4 Å². The largest absolute Gasteiger partial charge is 0.480 e. The Morgan fingerprint density at radius 3 is 2.61 bits per heavy atom. The Morgan fingerprint density at radius 1 is 1.44 bits per heavy atom. The van der Waals surface area contributed by atoms with Crippen molar-refractivity contribution in [3.63, 3.8) is 0 Å². The molecule has 18 heavy (non-hydrogen) atoms. The number of carboxylic acids is 1. The molecule has 0 saturated heterocycles. The SMILES string of the molecule is N[C@@H](Cc1ccc(-c2noc(=O)[nH]2)cc1)C(=O)O. The third-order valence-corrected chi connectivity index (χ3v) is 2.44. The van der Waals surface area contributed by atoms with Gasteiger partial charge in [-0.1, -0.05) is 29.4 Å². The van der Waals surface area contributed by atoms with Gasteiger partial charge in [0.1, 0.15) is 6.04 Å². The van der Waals surface area contributed by atoms with Crippen LogP contribution in [0.2, 0.25) is 0 Å². The summed E-state index contributed by atoms with van der Waals surface area (Å²) in [6, 6.07) is 5.94. The maximum absolute atomic E-state index is 10.8. The van der Waals surface area contributed by atoms with Crippen LogP contribution in [-0.4, -0.2) is 27.3 Å². The van der Waals surface area contributed by atoms with E-state index in [-0.39, 0.29) is 6.42 Å². The number of hydrogen-bond acceptors (Lipinski definition) is 5. The van der Waals surface area contributed by atoms with E-state index >= 15 is 0 Å². The molecule has 0 bridgehead atoms. The number of hydrogen-bond donors (Lipinski definition) is 3. The molecule has 0 saturated carbocycles. The monoisotopic (exact) mass is 249 g/mol. The van der Waals surface area contributed by atoms with Crippen LogP contribution in [0.25, 0.3) is 11.4 Å². The molecule has 2 aromatic rings. The number of carboxylic acid groups (broad SMARTS) is 1. The predicted molar refractivity (Wildman–Crippen MR) is 61.9 cm³/mol. The van der Waals surface area contributed by atoms with Crippen LogP contribution in [0.5, 0.6) is 0 Å². The van der Waals surface area contributed by atoms with Crippen molar-refractivity contribution in [2.24, 2.45) is 5.73 Å². The summed E-state index contributed by atoms with van der Waals surface area (Å²) in [7, 11) is 0. The summed E-state index contributed by atoms with van der Waals surface area (Å²) in [4.78, 5) is 23.8. The van der Waals surface area contributed by atoms with Gasteiger partial charge in [-0.15, -0.1) is 0 Å². The second-order valence-electron chi connectivity index (χ2n) is 3.79. The summed E-state index contributed by atoms with van der Waals surface area (Å²) in [5.41, 5.74) is 6.89. The van der Waals surface area contributed by atoms with Gasteiger partial charge in [-0.05, 0) is 12.0 Å². The summed E-state index contributed by atoms with van der Waals surface area (Å²) in [6.45, 7) is 0. The average molecular weight is 249 g/mol. The normalized spacial score (nSPS) is 12.3. The molecule has 0 amide bonds. The quantitative estimate of drug-likeness (QED) is 0.700. The third kappa shape index (κ3) is 2.64. The fraction of sp³-hybridized carbons (Fsp3) is 0.182. The summed E-state index contributed by atoms with van der Waals surface area (Å²) in [5.74, 6) is -1.34. The zero-order valence-corrected chi connectivity index (χ0v) is 9.29. The number of aliphatic carboxylic acids is 1.